The Morgan fingerprint density at radius 3 is 2.38 bits per heavy atom. The summed E-state index contributed by atoms with van der Waals surface area (Å²) in [5.74, 6) is 0.777. The lowest BCUT2D eigenvalue weighted by Crippen LogP contribution is -2.35. The lowest BCUT2D eigenvalue weighted by molar-refractivity contribution is 0.0762. The molecule has 2 aromatic carbocycles. The Hall–Kier alpha value is -2.99. The Labute approximate surface area is 169 Å². The highest BCUT2D eigenvalue weighted by Crippen LogP contribution is 2.44. The maximum absolute atomic E-state index is 13.4. The maximum Gasteiger partial charge on any atom is 0.274 e. The van der Waals surface area contributed by atoms with E-state index in [1.807, 2.05) is 29.2 Å². The van der Waals surface area contributed by atoms with E-state index in [0.717, 1.165) is 13.1 Å². The van der Waals surface area contributed by atoms with Crippen molar-refractivity contribution in [2.75, 3.05) is 26.7 Å². The van der Waals surface area contributed by atoms with Crippen LogP contribution in [0.2, 0.25) is 0 Å². The molecule has 6 nitrogen and oxygen atoms in total. The average Bonchev–Trinajstić information content (AvgIpc) is 3.27. The number of carbonyl (C=O) groups excluding carboxylic acids is 1. The van der Waals surface area contributed by atoms with E-state index in [-0.39, 0.29) is 11.5 Å². The van der Waals surface area contributed by atoms with Crippen LogP contribution in [-0.2, 0) is 7.05 Å². The number of rotatable bonds is 2. The number of hydrogen-bond donors (Lipinski definition) is 0. The molecule has 5 rings (SSSR count). The fraction of sp³-hybridized carbons (Fsp3) is 0.348. The number of amides is 1. The SMILES string of the molecule is CN1C[C@H]2CN(C(=O)c3nn(C)c(=O)c4ccccc34)C[C@H]2[C@@H]1c1ccccc1. The number of aryl methyl sites for hydroxylation is 1. The molecule has 0 N–H and O–H groups in total. The lowest BCUT2D eigenvalue weighted by atomic mass is 9.90. The van der Waals surface area contributed by atoms with Gasteiger partial charge in [0.25, 0.3) is 11.5 Å². The normalized spacial score (nSPS) is 24.2. The van der Waals surface area contributed by atoms with Crippen LogP contribution in [0, 0.1) is 11.8 Å². The largest absolute Gasteiger partial charge is 0.337 e. The molecule has 2 aliphatic rings. The number of fused-ring (bicyclic) bond motifs is 2. The highest BCUT2D eigenvalue weighted by atomic mass is 16.2. The minimum absolute atomic E-state index is 0.0827. The van der Waals surface area contributed by atoms with Crippen molar-refractivity contribution in [1.82, 2.24) is 19.6 Å². The number of hydrogen-bond acceptors (Lipinski definition) is 4. The topological polar surface area (TPSA) is 58.4 Å². The minimum atomic E-state index is -0.179. The van der Waals surface area contributed by atoms with Crippen LogP contribution >= 0.6 is 0 Å². The molecule has 2 aliphatic heterocycles. The van der Waals surface area contributed by atoms with E-state index in [1.54, 1.807) is 13.1 Å². The molecule has 1 amide bonds. The van der Waals surface area contributed by atoms with E-state index in [1.165, 1.54) is 10.2 Å². The summed E-state index contributed by atoms with van der Waals surface area (Å²) < 4.78 is 1.27. The predicted octanol–water partition coefficient (Wildman–Crippen LogP) is 2.31. The Kier molecular flexibility index (Phi) is 4.24. The van der Waals surface area contributed by atoms with Crippen LogP contribution in [0.5, 0.6) is 0 Å². The minimum Gasteiger partial charge on any atom is -0.337 e. The van der Waals surface area contributed by atoms with E-state index < -0.39 is 0 Å². The third-order valence-corrected chi connectivity index (χ3v) is 6.48. The van der Waals surface area contributed by atoms with Gasteiger partial charge in [0.15, 0.2) is 5.69 Å². The zero-order valence-electron chi connectivity index (χ0n) is 16.7. The second-order valence-corrected chi connectivity index (χ2v) is 8.25. The highest BCUT2D eigenvalue weighted by Gasteiger charge is 2.47. The van der Waals surface area contributed by atoms with E-state index in [9.17, 15) is 9.59 Å². The second-order valence-electron chi connectivity index (χ2n) is 8.25. The summed E-state index contributed by atoms with van der Waals surface area (Å²) >= 11 is 0. The van der Waals surface area contributed by atoms with Crippen LogP contribution in [0.15, 0.2) is 59.4 Å². The quantitative estimate of drug-likeness (QED) is 0.676. The fourth-order valence-corrected chi connectivity index (χ4v) is 5.18. The second kappa shape index (κ2) is 6.81. The Morgan fingerprint density at radius 1 is 0.931 bits per heavy atom. The van der Waals surface area contributed by atoms with Crippen molar-refractivity contribution in [3.05, 3.63) is 76.2 Å². The van der Waals surface area contributed by atoms with Gasteiger partial charge in [0, 0.05) is 44.0 Å². The fourth-order valence-electron chi connectivity index (χ4n) is 5.18. The monoisotopic (exact) mass is 388 g/mol. The zero-order chi connectivity index (χ0) is 20.1. The number of benzene rings is 2. The van der Waals surface area contributed by atoms with Crippen LogP contribution in [0.1, 0.15) is 22.1 Å². The number of likely N-dealkylation sites (tertiary alicyclic amines) is 2. The number of carbonyl (C=O) groups is 1. The molecule has 0 spiro atoms. The van der Waals surface area contributed by atoms with Gasteiger partial charge >= 0.3 is 0 Å². The van der Waals surface area contributed by atoms with Crippen molar-refractivity contribution < 1.29 is 4.79 Å². The van der Waals surface area contributed by atoms with E-state index in [2.05, 4.69) is 41.3 Å². The molecule has 0 aliphatic carbocycles. The smallest absolute Gasteiger partial charge is 0.274 e. The van der Waals surface area contributed by atoms with Crippen LogP contribution in [0.25, 0.3) is 10.8 Å². The predicted molar refractivity (Wildman–Crippen MR) is 112 cm³/mol. The first-order valence-electron chi connectivity index (χ1n) is 10.0. The Bertz CT molecular complexity index is 1140. The summed E-state index contributed by atoms with van der Waals surface area (Å²) in [6.07, 6.45) is 0. The van der Waals surface area contributed by atoms with Crippen molar-refractivity contribution >= 4 is 16.7 Å². The van der Waals surface area contributed by atoms with Gasteiger partial charge in [-0.25, -0.2) is 4.68 Å². The molecule has 2 fully saturated rings. The summed E-state index contributed by atoms with van der Waals surface area (Å²) in [6, 6.07) is 18.1. The Morgan fingerprint density at radius 2 is 1.62 bits per heavy atom. The summed E-state index contributed by atoms with van der Waals surface area (Å²) in [7, 11) is 3.77. The van der Waals surface area contributed by atoms with Gasteiger partial charge in [-0.15, -0.1) is 0 Å². The van der Waals surface area contributed by atoms with Gasteiger partial charge < -0.3 is 4.90 Å². The standard InChI is InChI=1S/C23H24N4O2/c1-25-12-16-13-27(14-19(16)21(25)15-8-4-3-5-9-15)23(29)20-17-10-6-7-11-18(17)22(28)26(2)24-20/h3-11,16,19,21H,12-14H2,1-2H3/t16-,19+,21-/m0/s1. The molecule has 3 aromatic rings. The van der Waals surface area contributed by atoms with Gasteiger partial charge in [0.2, 0.25) is 0 Å². The van der Waals surface area contributed by atoms with Crippen molar-refractivity contribution in [3.8, 4) is 0 Å². The first-order valence-corrected chi connectivity index (χ1v) is 10.0. The summed E-state index contributed by atoms with van der Waals surface area (Å²) in [5.41, 5.74) is 1.50. The van der Waals surface area contributed by atoms with E-state index >= 15 is 0 Å². The first kappa shape index (κ1) is 18.1. The van der Waals surface area contributed by atoms with Crippen LogP contribution in [0.3, 0.4) is 0 Å². The van der Waals surface area contributed by atoms with Gasteiger partial charge in [0.1, 0.15) is 0 Å². The molecule has 0 radical (unpaired) electrons. The lowest BCUT2D eigenvalue weighted by Gasteiger charge is -2.27. The van der Waals surface area contributed by atoms with E-state index in [0.29, 0.717) is 40.9 Å². The molecular formula is C23H24N4O2. The maximum atomic E-state index is 13.4. The summed E-state index contributed by atoms with van der Waals surface area (Å²) in [5, 5.41) is 5.50. The molecule has 29 heavy (non-hydrogen) atoms. The molecule has 0 bridgehead atoms. The molecule has 0 unspecified atom stereocenters. The van der Waals surface area contributed by atoms with Crippen LogP contribution in [-0.4, -0.2) is 52.2 Å². The van der Waals surface area contributed by atoms with Gasteiger partial charge in [-0.3, -0.25) is 14.5 Å². The van der Waals surface area contributed by atoms with Crippen LogP contribution < -0.4 is 5.56 Å². The van der Waals surface area contributed by atoms with Gasteiger partial charge in [0.05, 0.1) is 5.39 Å². The van der Waals surface area contributed by atoms with Crippen molar-refractivity contribution in [2.45, 2.75) is 6.04 Å². The third-order valence-electron chi connectivity index (χ3n) is 6.48. The van der Waals surface area contributed by atoms with Gasteiger partial charge in [-0.1, -0.05) is 48.5 Å². The zero-order valence-corrected chi connectivity index (χ0v) is 16.7. The van der Waals surface area contributed by atoms with Crippen molar-refractivity contribution in [2.24, 2.45) is 18.9 Å². The first-order chi connectivity index (χ1) is 14.0. The molecule has 6 heteroatoms. The van der Waals surface area contributed by atoms with Crippen molar-refractivity contribution in [1.29, 1.82) is 0 Å². The van der Waals surface area contributed by atoms with Crippen molar-refractivity contribution in [3.63, 3.8) is 0 Å². The molecule has 3 atom stereocenters. The molecule has 1 aromatic heterocycles. The molecule has 3 heterocycles. The number of aromatic nitrogens is 2. The average molecular weight is 388 g/mol. The highest BCUT2D eigenvalue weighted by molar-refractivity contribution is 6.04. The van der Waals surface area contributed by atoms with E-state index in [4.69, 9.17) is 0 Å². The third kappa shape index (κ3) is 2.86. The van der Waals surface area contributed by atoms with Gasteiger partial charge in [-0.2, -0.15) is 5.10 Å². The molecule has 0 saturated carbocycles. The molecular weight excluding hydrogens is 364 g/mol. The summed E-state index contributed by atoms with van der Waals surface area (Å²) in [6.45, 7) is 2.43. The van der Waals surface area contributed by atoms with Gasteiger partial charge in [-0.05, 0) is 24.6 Å². The van der Waals surface area contributed by atoms with Crippen LogP contribution in [0.4, 0.5) is 0 Å². The summed E-state index contributed by atoms with van der Waals surface area (Å²) in [4.78, 5) is 30.1. The molecule has 2 saturated heterocycles. The number of nitrogens with zero attached hydrogens (tertiary/aromatic N) is 4. The Balaban J connectivity index is 1.47. The molecule has 148 valence electrons.